The minimum absolute atomic E-state index is 0.143. The molecule has 0 amide bonds. The summed E-state index contributed by atoms with van der Waals surface area (Å²) >= 11 is 0. The minimum atomic E-state index is -0.794. The van der Waals surface area contributed by atoms with Crippen LogP contribution in [0.1, 0.15) is 90.2 Å². The van der Waals surface area contributed by atoms with Crippen LogP contribution in [0.25, 0.3) is 0 Å². The van der Waals surface area contributed by atoms with E-state index in [4.69, 9.17) is 10.2 Å². The predicted octanol–water partition coefficient (Wildman–Crippen LogP) is 6.16. The van der Waals surface area contributed by atoms with Crippen LogP contribution in [0.2, 0.25) is 0 Å². The molecule has 2 aromatic carbocycles. The number of carbonyl (C=O) groups excluding carboxylic acids is 1. The molecule has 2 heterocycles. The third-order valence-electron chi connectivity index (χ3n) is 9.68. The molecule has 3 aliphatic rings. The van der Waals surface area contributed by atoms with E-state index >= 15 is 0 Å². The number of para-hydroxylation sites is 2. The van der Waals surface area contributed by atoms with Gasteiger partial charge >= 0.3 is 11.9 Å². The van der Waals surface area contributed by atoms with Crippen molar-refractivity contribution in [3.8, 4) is 0 Å². The third kappa shape index (κ3) is 6.17. The number of hydrogen-bond acceptors (Lipinski definition) is 5. The summed E-state index contributed by atoms with van der Waals surface area (Å²) in [5, 5.41) is 31.7. The second-order valence-corrected chi connectivity index (χ2v) is 13.5. The molecule has 0 spiro atoms. The van der Waals surface area contributed by atoms with Gasteiger partial charge in [-0.2, -0.15) is 4.58 Å². The zero-order chi connectivity index (χ0) is 33.2. The molecule has 0 bridgehead atoms. The highest BCUT2D eigenvalue weighted by atomic mass is 16.4. The highest BCUT2D eigenvalue weighted by molar-refractivity contribution is 6.24. The van der Waals surface area contributed by atoms with E-state index in [0.29, 0.717) is 25.9 Å². The Balaban J connectivity index is 1.46. The van der Waals surface area contributed by atoms with Crippen molar-refractivity contribution in [1.29, 1.82) is 0 Å². The molecule has 242 valence electrons. The van der Waals surface area contributed by atoms with Gasteiger partial charge in [-0.25, -0.2) is 0 Å². The largest absolute Gasteiger partial charge is 0.871 e. The third-order valence-corrected chi connectivity index (χ3v) is 9.68. The molecule has 46 heavy (non-hydrogen) atoms. The zero-order valence-electron chi connectivity index (χ0n) is 27.3. The molecule has 1 aliphatic carbocycles. The van der Waals surface area contributed by atoms with Gasteiger partial charge in [0.05, 0.1) is 5.41 Å². The van der Waals surface area contributed by atoms with E-state index in [1.807, 2.05) is 24.3 Å². The lowest BCUT2D eigenvalue weighted by atomic mass is 9.77. The molecule has 2 aliphatic heterocycles. The van der Waals surface area contributed by atoms with E-state index in [9.17, 15) is 19.5 Å². The maximum absolute atomic E-state index is 13.7. The van der Waals surface area contributed by atoms with Gasteiger partial charge in [0.1, 0.15) is 6.54 Å². The number of benzene rings is 2. The van der Waals surface area contributed by atoms with Gasteiger partial charge in [0.2, 0.25) is 5.69 Å². The number of unbranched alkanes of at least 4 members (excludes halogenated alkanes) is 4. The van der Waals surface area contributed by atoms with Crippen LogP contribution < -0.4 is 10.0 Å². The summed E-state index contributed by atoms with van der Waals surface area (Å²) in [6, 6.07) is 16.3. The fourth-order valence-corrected chi connectivity index (χ4v) is 7.10. The Morgan fingerprint density at radius 2 is 1.41 bits per heavy atom. The SMILES string of the molecule is CC1(C)C(C=C2C(=O)C(/C=C3/N(CCCCCC(=O)O)c4ccccc4C3(C)C)=C2[O-])=[N+](CCCCCC(=O)O)c2ccccc21. The first-order valence-electron chi connectivity index (χ1n) is 16.3. The Hall–Kier alpha value is -4.46. The summed E-state index contributed by atoms with van der Waals surface area (Å²) in [6.45, 7) is 9.75. The van der Waals surface area contributed by atoms with E-state index in [1.165, 1.54) is 0 Å². The second kappa shape index (κ2) is 13.1. The monoisotopic (exact) mass is 624 g/mol. The van der Waals surface area contributed by atoms with Gasteiger partial charge in [-0.3, -0.25) is 14.4 Å². The van der Waals surface area contributed by atoms with Crippen LogP contribution in [0.5, 0.6) is 0 Å². The fraction of sp³-hybridized carbons (Fsp3) is 0.421. The molecule has 0 fully saturated rings. The summed E-state index contributed by atoms with van der Waals surface area (Å²) in [5.74, 6) is -2.10. The van der Waals surface area contributed by atoms with Crippen LogP contribution in [0.3, 0.4) is 0 Å². The quantitative estimate of drug-likeness (QED) is 0.147. The average molecular weight is 625 g/mol. The van der Waals surface area contributed by atoms with Gasteiger partial charge in [-0.1, -0.05) is 62.4 Å². The molecule has 0 aromatic heterocycles. The Morgan fingerprint density at radius 3 is 2.07 bits per heavy atom. The molecular formula is C38H44N2O6. The number of nitrogens with zero attached hydrogens (tertiary/aromatic N) is 2. The van der Waals surface area contributed by atoms with Crippen molar-refractivity contribution in [2.24, 2.45) is 0 Å². The number of ketones is 1. The number of anilines is 1. The summed E-state index contributed by atoms with van der Waals surface area (Å²) in [7, 11) is 0. The Morgan fingerprint density at radius 1 is 0.804 bits per heavy atom. The van der Waals surface area contributed by atoms with Crippen LogP contribution in [0.15, 0.2) is 83.3 Å². The molecular weight excluding hydrogens is 580 g/mol. The average Bonchev–Trinajstić information content (AvgIpc) is 3.36. The first-order valence-corrected chi connectivity index (χ1v) is 16.3. The molecule has 8 nitrogen and oxygen atoms in total. The lowest BCUT2D eigenvalue weighted by Gasteiger charge is -2.33. The molecule has 0 saturated carbocycles. The van der Waals surface area contributed by atoms with Gasteiger partial charge in [-0.05, 0) is 57.2 Å². The number of aliphatic carboxylic acids is 2. The lowest BCUT2D eigenvalue weighted by Crippen LogP contribution is -2.35. The van der Waals surface area contributed by atoms with Crippen LogP contribution >= 0.6 is 0 Å². The van der Waals surface area contributed by atoms with Crippen molar-refractivity contribution in [2.45, 2.75) is 89.9 Å². The lowest BCUT2D eigenvalue weighted by molar-refractivity contribution is -0.438. The highest BCUT2D eigenvalue weighted by Gasteiger charge is 2.46. The number of fused-ring (bicyclic) bond motifs is 2. The van der Waals surface area contributed by atoms with Crippen molar-refractivity contribution in [3.63, 3.8) is 0 Å². The van der Waals surface area contributed by atoms with E-state index in [-0.39, 0.29) is 35.5 Å². The van der Waals surface area contributed by atoms with Crippen molar-refractivity contribution >= 4 is 34.8 Å². The van der Waals surface area contributed by atoms with E-state index in [1.54, 1.807) is 12.2 Å². The van der Waals surface area contributed by atoms with Gasteiger partial charge < -0.3 is 20.2 Å². The first kappa shape index (κ1) is 32.9. The van der Waals surface area contributed by atoms with Crippen molar-refractivity contribution in [1.82, 2.24) is 0 Å². The Labute approximate surface area is 271 Å². The van der Waals surface area contributed by atoms with Gasteiger partial charge in [-0.15, -0.1) is 0 Å². The molecule has 0 unspecified atom stereocenters. The number of allylic oxidation sites excluding steroid dienone is 5. The van der Waals surface area contributed by atoms with Crippen LogP contribution in [-0.2, 0) is 25.2 Å². The van der Waals surface area contributed by atoms with E-state index in [0.717, 1.165) is 59.6 Å². The van der Waals surface area contributed by atoms with E-state index < -0.39 is 22.8 Å². The van der Waals surface area contributed by atoms with Crippen molar-refractivity contribution in [3.05, 3.63) is 94.4 Å². The Bertz CT molecular complexity index is 1690. The highest BCUT2D eigenvalue weighted by Crippen LogP contribution is 2.49. The smallest absolute Gasteiger partial charge is 0.303 e. The molecule has 0 radical (unpaired) electrons. The Kier molecular flexibility index (Phi) is 9.38. The molecule has 0 saturated heterocycles. The number of rotatable bonds is 14. The topological polar surface area (TPSA) is 121 Å². The maximum Gasteiger partial charge on any atom is 0.303 e. The van der Waals surface area contributed by atoms with Crippen LogP contribution in [0.4, 0.5) is 11.4 Å². The van der Waals surface area contributed by atoms with Crippen LogP contribution in [0, 0.1) is 0 Å². The number of carboxylic acids is 2. The normalized spacial score (nSPS) is 19.6. The summed E-state index contributed by atoms with van der Waals surface area (Å²) in [5.41, 5.74) is 5.67. The minimum Gasteiger partial charge on any atom is -0.871 e. The maximum atomic E-state index is 13.7. The summed E-state index contributed by atoms with van der Waals surface area (Å²) < 4.78 is 2.18. The second-order valence-electron chi connectivity index (χ2n) is 13.5. The fourth-order valence-electron chi connectivity index (χ4n) is 7.10. The molecule has 2 N–H and O–H groups in total. The van der Waals surface area contributed by atoms with Crippen molar-refractivity contribution < 1.29 is 34.3 Å². The number of carboxylic acid groups (broad SMARTS) is 2. The van der Waals surface area contributed by atoms with Gasteiger partial charge in [0.15, 0.2) is 11.5 Å². The molecule has 8 heteroatoms. The zero-order valence-corrected chi connectivity index (χ0v) is 27.3. The summed E-state index contributed by atoms with van der Waals surface area (Å²) in [4.78, 5) is 37.8. The number of hydrogen-bond donors (Lipinski definition) is 2. The van der Waals surface area contributed by atoms with Gasteiger partial charge in [0, 0.05) is 71.5 Å². The van der Waals surface area contributed by atoms with Crippen LogP contribution in [-0.4, -0.2) is 51.3 Å². The van der Waals surface area contributed by atoms with Crippen molar-refractivity contribution in [2.75, 3.05) is 18.0 Å². The molecule has 2 aromatic rings. The van der Waals surface area contributed by atoms with Gasteiger partial charge in [0.25, 0.3) is 0 Å². The summed E-state index contributed by atoms with van der Waals surface area (Å²) in [6.07, 6.45) is 8.17. The standard InChI is InChI=1S/C38H44N2O6/c1-37(2)27-15-9-11-17-29(27)39(21-13-5-7-19-33(41)42)31(37)23-25-35(45)26(36(25)46)24-32-38(3,4)28-16-10-12-18-30(28)40(32)22-14-6-8-20-34(43)44/h9-12,15-18,23-24H,5-8,13-14,19-22H2,1-4H3,(H2-,41,42,43,44,45,46). The molecule has 0 atom stereocenters. The molecule has 5 rings (SSSR count). The van der Waals surface area contributed by atoms with E-state index in [2.05, 4.69) is 61.4 Å². The predicted molar refractivity (Wildman–Crippen MR) is 176 cm³/mol. The number of Topliss-reactive ketones (excluding diaryl/α,β-unsaturated/α-hetero) is 1. The number of carbonyl (C=O) groups is 3. The first-order chi connectivity index (χ1) is 21.9.